The summed E-state index contributed by atoms with van der Waals surface area (Å²) in [5.41, 5.74) is 1.90. The highest BCUT2D eigenvalue weighted by molar-refractivity contribution is 7.80. The molecule has 2 fully saturated rings. The maximum atomic E-state index is 13.5. The van der Waals surface area contributed by atoms with Gasteiger partial charge in [-0.25, -0.2) is 4.39 Å². The van der Waals surface area contributed by atoms with Crippen molar-refractivity contribution in [1.82, 2.24) is 15.1 Å². The summed E-state index contributed by atoms with van der Waals surface area (Å²) >= 11 is 5.59. The molecule has 176 valence electrons. The van der Waals surface area contributed by atoms with Crippen LogP contribution in [0.1, 0.15) is 44.2 Å². The van der Waals surface area contributed by atoms with E-state index >= 15 is 0 Å². The Kier molecular flexibility index (Phi) is 7.93. The summed E-state index contributed by atoms with van der Waals surface area (Å²) in [5.74, 6) is 0.278. The fraction of sp³-hybridized carbons (Fsp3) is 0.462. The summed E-state index contributed by atoms with van der Waals surface area (Å²) in [6.07, 6.45) is 4.63. The Hall–Kier alpha value is -2.51. The smallest absolute Gasteiger partial charge is 0.238 e. The number of hydrogen-bond donors (Lipinski definition) is 2. The Balaban J connectivity index is 1.36. The van der Waals surface area contributed by atoms with E-state index < -0.39 is 0 Å². The van der Waals surface area contributed by atoms with Gasteiger partial charge >= 0.3 is 0 Å². The van der Waals surface area contributed by atoms with Gasteiger partial charge < -0.3 is 15.5 Å². The van der Waals surface area contributed by atoms with Crippen molar-refractivity contribution in [2.24, 2.45) is 5.92 Å². The Morgan fingerprint density at radius 1 is 1.00 bits per heavy atom. The van der Waals surface area contributed by atoms with Gasteiger partial charge in [0.2, 0.25) is 5.91 Å². The molecule has 0 aromatic heterocycles. The zero-order valence-corrected chi connectivity index (χ0v) is 20.0. The lowest BCUT2D eigenvalue weighted by Crippen LogP contribution is -2.58. The molecule has 5 nitrogen and oxygen atoms in total. The Morgan fingerprint density at radius 2 is 1.64 bits per heavy atom. The van der Waals surface area contributed by atoms with Crippen molar-refractivity contribution in [2.75, 3.05) is 31.5 Å². The van der Waals surface area contributed by atoms with E-state index in [0.29, 0.717) is 11.0 Å². The maximum absolute atomic E-state index is 13.5. The predicted molar refractivity (Wildman–Crippen MR) is 135 cm³/mol. The summed E-state index contributed by atoms with van der Waals surface area (Å²) in [6.45, 7) is 5.16. The second-order valence-corrected chi connectivity index (χ2v) is 9.48. The first-order chi connectivity index (χ1) is 16.0. The number of hydrogen-bond acceptors (Lipinski definition) is 3. The number of nitrogens with zero attached hydrogens (tertiary/aromatic N) is 2. The zero-order valence-electron chi connectivity index (χ0n) is 19.2. The average molecular weight is 469 g/mol. The molecule has 0 spiro atoms. The van der Waals surface area contributed by atoms with Gasteiger partial charge in [-0.05, 0) is 67.7 Å². The fourth-order valence-corrected chi connectivity index (χ4v) is 5.31. The molecule has 1 saturated carbocycles. The van der Waals surface area contributed by atoms with Gasteiger partial charge in [0.05, 0.1) is 12.1 Å². The summed E-state index contributed by atoms with van der Waals surface area (Å²) in [7, 11) is 0. The number of piperazine rings is 1. The Bertz CT molecular complexity index is 925. The minimum atomic E-state index is -0.266. The number of halogens is 1. The SMILES string of the molecule is C[C@@H](NC(=O)[C@H](C1CCCC1)N1CCN(C(=S)Nc2ccc(F)cc2)CC1)c1ccccc1. The van der Waals surface area contributed by atoms with E-state index in [0.717, 1.165) is 50.3 Å². The molecule has 2 aromatic rings. The van der Waals surface area contributed by atoms with Gasteiger partial charge in [0.25, 0.3) is 0 Å². The molecule has 4 rings (SSSR count). The van der Waals surface area contributed by atoms with Gasteiger partial charge in [-0.2, -0.15) is 0 Å². The molecule has 1 aliphatic heterocycles. The van der Waals surface area contributed by atoms with Gasteiger partial charge in [0, 0.05) is 31.9 Å². The van der Waals surface area contributed by atoms with Crippen molar-refractivity contribution >= 4 is 28.9 Å². The van der Waals surface area contributed by atoms with Crippen LogP contribution in [0.4, 0.5) is 10.1 Å². The van der Waals surface area contributed by atoms with Gasteiger partial charge in [-0.15, -0.1) is 0 Å². The van der Waals surface area contributed by atoms with Crippen LogP contribution in [0.25, 0.3) is 0 Å². The molecular formula is C26H33FN4OS. The highest BCUT2D eigenvalue weighted by Crippen LogP contribution is 2.31. The first-order valence-electron chi connectivity index (χ1n) is 11.9. The highest BCUT2D eigenvalue weighted by Gasteiger charge is 2.37. The predicted octanol–water partition coefficient (Wildman–Crippen LogP) is 4.58. The van der Waals surface area contributed by atoms with E-state index in [1.807, 2.05) is 18.2 Å². The van der Waals surface area contributed by atoms with Gasteiger partial charge in [0.15, 0.2) is 5.11 Å². The van der Waals surface area contributed by atoms with E-state index in [4.69, 9.17) is 12.2 Å². The minimum Gasteiger partial charge on any atom is -0.348 e. The molecule has 2 aliphatic rings. The lowest BCUT2D eigenvalue weighted by atomic mass is 9.94. The molecule has 2 aromatic carbocycles. The van der Waals surface area contributed by atoms with Crippen molar-refractivity contribution in [3.63, 3.8) is 0 Å². The second-order valence-electron chi connectivity index (χ2n) is 9.09. The van der Waals surface area contributed by atoms with Crippen LogP contribution in [0.5, 0.6) is 0 Å². The van der Waals surface area contributed by atoms with Crippen molar-refractivity contribution in [3.05, 3.63) is 66.0 Å². The van der Waals surface area contributed by atoms with Crippen LogP contribution in [0.3, 0.4) is 0 Å². The number of thiocarbonyl (C=S) groups is 1. The normalized spacial score (nSPS) is 19.2. The van der Waals surface area contributed by atoms with Crippen LogP contribution in [-0.2, 0) is 4.79 Å². The molecule has 33 heavy (non-hydrogen) atoms. The van der Waals surface area contributed by atoms with Crippen LogP contribution in [0, 0.1) is 11.7 Å². The molecule has 2 N–H and O–H groups in total. The monoisotopic (exact) mass is 468 g/mol. The number of carbonyl (C=O) groups excluding carboxylic acids is 1. The number of anilines is 1. The average Bonchev–Trinajstić information content (AvgIpc) is 3.36. The first-order valence-corrected chi connectivity index (χ1v) is 12.3. The molecule has 0 bridgehead atoms. The van der Waals surface area contributed by atoms with Crippen molar-refractivity contribution in [3.8, 4) is 0 Å². The molecule has 1 heterocycles. The summed E-state index contributed by atoms with van der Waals surface area (Å²) < 4.78 is 13.2. The summed E-state index contributed by atoms with van der Waals surface area (Å²) in [4.78, 5) is 17.9. The lowest BCUT2D eigenvalue weighted by molar-refractivity contribution is -0.129. The van der Waals surface area contributed by atoms with Crippen LogP contribution in [-0.4, -0.2) is 53.0 Å². The number of nitrogens with one attached hydrogen (secondary N) is 2. The van der Waals surface area contributed by atoms with Crippen LogP contribution in [0.15, 0.2) is 54.6 Å². The maximum Gasteiger partial charge on any atom is 0.238 e. The van der Waals surface area contributed by atoms with E-state index in [9.17, 15) is 9.18 Å². The lowest BCUT2D eigenvalue weighted by Gasteiger charge is -2.41. The van der Waals surface area contributed by atoms with E-state index in [2.05, 4.69) is 39.5 Å². The van der Waals surface area contributed by atoms with Crippen LogP contribution >= 0.6 is 12.2 Å². The first kappa shape index (κ1) is 23.6. The van der Waals surface area contributed by atoms with E-state index in [-0.39, 0.29) is 23.8 Å². The Morgan fingerprint density at radius 3 is 2.27 bits per heavy atom. The molecule has 2 atom stereocenters. The quantitative estimate of drug-likeness (QED) is 0.608. The third-order valence-electron chi connectivity index (χ3n) is 6.86. The van der Waals surface area contributed by atoms with Crippen molar-refractivity contribution in [1.29, 1.82) is 0 Å². The molecule has 7 heteroatoms. The Labute approximate surface area is 201 Å². The van der Waals surface area contributed by atoms with Crippen molar-refractivity contribution < 1.29 is 9.18 Å². The summed E-state index contributed by atoms with van der Waals surface area (Å²) in [6, 6.07) is 16.2. The third-order valence-corrected chi connectivity index (χ3v) is 7.22. The molecule has 0 unspecified atom stereocenters. The second kappa shape index (κ2) is 11.1. The number of benzene rings is 2. The van der Waals surface area contributed by atoms with Crippen LogP contribution in [0.2, 0.25) is 0 Å². The standard InChI is InChI=1S/C26H33FN4OS/c1-19(20-7-3-2-4-8-20)28-25(32)24(21-9-5-6-10-21)30-15-17-31(18-16-30)26(33)29-23-13-11-22(27)12-14-23/h2-4,7-8,11-14,19,21,24H,5-6,9-10,15-18H2,1H3,(H,28,32)(H,29,33)/t19-,24+/m1/s1. The van der Waals surface area contributed by atoms with Gasteiger partial charge in [-0.1, -0.05) is 43.2 Å². The molecule has 1 saturated heterocycles. The largest absolute Gasteiger partial charge is 0.348 e. The molecule has 0 radical (unpaired) electrons. The molecular weight excluding hydrogens is 435 g/mol. The van der Waals surface area contributed by atoms with E-state index in [1.165, 1.54) is 25.0 Å². The molecule has 1 amide bonds. The van der Waals surface area contributed by atoms with Crippen LogP contribution < -0.4 is 10.6 Å². The third kappa shape index (κ3) is 6.09. The topological polar surface area (TPSA) is 47.6 Å². The number of carbonyl (C=O) groups is 1. The summed E-state index contributed by atoms with van der Waals surface area (Å²) in [5, 5.41) is 7.12. The zero-order chi connectivity index (χ0) is 23.2. The van der Waals surface area contributed by atoms with E-state index in [1.54, 1.807) is 12.1 Å². The molecule has 1 aliphatic carbocycles. The fourth-order valence-electron chi connectivity index (χ4n) is 5.01. The van der Waals surface area contributed by atoms with Gasteiger partial charge in [0.1, 0.15) is 5.82 Å². The highest BCUT2D eigenvalue weighted by atomic mass is 32.1. The van der Waals surface area contributed by atoms with Gasteiger partial charge in [-0.3, -0.25) is 9.69 Å². The number of amides is 1. The minimum absolute atomic E-state index is 0.0172. The van der Waals surface area contributed by atoms with Crippen molar-refractivity contribution in [2.45, 2.75) is 44.7 Å². The number of rotatable bonds is 6.